The van der Waals surface area contributed by atoms with Crippen LogP contribution < -0.4 is 5.73 Å². The molecule has 1 saturated heterocycles. The van der Waals surface area contributed by atoms with Crippen LogP contribution in [0.2, 0.25) is 0 Å². The summed E-state index contributed by atoms with van der Waals surface area (Å²) in [6.07, 6.45) is 3.79. The topological polar surface area (TPSA) is 46.3 Å². The monoisotopic (exact) mass is 184 g/mol. The van der Waals surface area contributed by atoms with Crippen LogP contribution in [0.3, 0.4) is 0 Å². The molecule has 0 aromatic carbocycles. The fraction of sp³-hybridized carbons (Fsp3) is 0.900. The van der Waals surface area contributed by atoms with Crippen molar-refractivity contribution in [1.29, 1.82) is 0 Å². The molecule has 3 heteroatoms. The van der Waals surface area contributed by atoms with Crippen LogP contribution in [0.15, 0.2) is 0 Å². The van der Waals surface area contributed by atoms with E-state index in [0.29, 0.717) is 18.9 Å². The van der Waals surface area contributed by atoms with Gasteiger partial charge in [0.05, 0.1) is 0 Å². The number of nitrogens with zero attached hydrogens (tertiary/aromatic N) is 1. The highest BCUT2D eigenvalue weighted by Gasteiger charge is 2.31. The molecule has 0 atom stereocenters. The van der Waals surface area contributed by atoms with Crippen molar-refractivity contribution in [3.63, 3.8) is 0 Å². The summed E-state index contributed by atoms with van der Waals surface area (Å²) in [6, 6.07) is 0. The minimum Gasteiger partial charge on any atom is -0.338 e. The quantitative estimate of drug-likeness (QED) is 0.714. The van der Waals surface area contributed by atoms with E-state index in [4.69, 9.17) is 5.73 Å². The van der Waals surface area contributed by atoms with Gasteiger partial charge in [0.1, 0.15) is 0 Å². The second-order valence-corrected chi connectivity index (χ2v) is 4.35. The van der Waals surface area contributed by atoms with Crippen molar-refractivity contribution in [1.82, 2.24) is 4.90 Å². The summed E-state index contributed by atoms with van der Waals surface area (Å²) in [5.74, 6) is 0.296. The SMILES string of the molecule is CC(C)(CCN)N1CCCCC1=O. The van der Waals surface area contributed by atoms with Crippen LogP contribution in [0.25, 0.3) is 0 Å². The highest BCUT2D eigenvalue weighted by molar-refractivity contribution is 5.77. The Morgan fingerprint density at radius 1 is 1.46 bits per heavy atom. The molecule has 76 valence electrons. The third-order valence-electron chi connectivity index (χ3n) is 2.81. The number of carbonyl (C=O) groups excluding carboxylic acids is 1. The number of hydrogen-bond acceptors (Lipinski definition) is 2. The molecule has 13 heavy (non-hydrogen) atoms. The maximum Gasteiger partial charge on any atom is 0.223 e. The zero-order valence-corrected chi connectivity index (χ0v) is 8.68. The summed E-state index contributed by atoms with van der Waals surface area (Å²) in [6.45, 7) is 5.76. The number of likely N-dealkylation sites (tertiary alicyclic amines) is 1. The van der Waals surface area contributed by atoms with Gasteiger partial charge in [0.2, 0.25) is 5.91 Å². The van der Waals surface area contributed by atoms with Gasteiger partial charge in [-0.1, -0.05) is 0 Å². The molecular weight excluding hydrogens is 164 g/mol. The number of carbonyl (C=O) groups is 1. The largest absolute Gasteiger partial charge is 0.338 e. The minimum atomic E-state index is -0.0494. The Balaban J connectivity index is 2.61. The predicted molar refractivity (Wildman–Crippen MR) is 53.3 cm³/mol. The molecule has 0 spiro atoms. The van der Waals surface area contributed by atoms with E-state index in [1.807, 2.05) is 4.90 Å². The second-order valence-electron chi connectivity index (χ2n) is 4.35. The second kappa shape index (κ2) is 4.09. The Morgan fingerprint density at radius 2 is 2.15 bits per heavy atom. The summed E-state index contributed by atoms with van der Waals surface area (Å²) >= 11 is 0. The molecule has 1 aliphatic heterocycles. The van der Waals surface area contributed by atoms with Crippen molar-refractivity contribution in [2.75, 3.05) is 13.1 Å². The third-order valence-corrected chi connectivity index (χ3v) is 2.81. The average Bonchev–Trinajstić information content (AvgIpc) is 2.04. The van der Waals surface area contributed by atoms with Gasteiger partial charge in [-0.2, -0.15) is 0 Å². The van der Waals surface area contributed by atoms with Crippen LogP contribution in [0, 0.1) is 0 Å². The van der Waals surface area contributed by atoms with E-state index in [9.17, 15) is 4.79 Å². The first-order chi connectivity index (χ1) is 6.08. The maximum absolute atomic E-state index is 11.6. The van der Waals surface area contributed by atoms with Crippen LogP contribution in [0.4, 0.5) is 0 Å². The van der Waals surface area contributed by atoms with E-state index in [0.717, 1.165) is 25.8 Å². The van der Waals surface area contributed by atoms with Crippen LogP contribution >= 0.6 is 0 Å². The Hall–Kier alpha value is -0.570. The van der Waals surface area contributed by atoms with E-state index in [-0.39, 0.29) is 5.54 Å². The molecule has 0 bridgehead atoms. The van der Waals surface area contributed by atoms with Crippen molar-refractivity contribution >= 4 is 5.91 Å². The first-order valence-electron chi connectivity index (χ1n) is 5.08. The van der Waals surface area contributed by atoms with Crippen LogP contribution in [0.5, 0.6) is 0 Å². The molecule has 0 unspecified atom stereocenters. The number of nitrogens with two attached hydrogens (primary N) is 1. The van der Waals surface area contributed by atoms with Crippen molar-refractivity contribution in [3.8, 4) is 0 Å². The van der Waals surface area contributed by atoms with Gasteiger partial charge in [-0.15, -0.1) is 0 Å². The smallest absolute Gasteiger partial charge is 0.223 e. The average molecular weight is 184 g/mol. The van der Waals surface area contributed by atoms with E-state index < -0.39 is 0 Å². The van der Waals surface area contributed by atoms with Gasteiger partial charge in [-0.25, -0.2) is 0 Å². The van der Waals surface area contributed by atoms with Crippen molar-refractivity contribution in [2.45, 2.75) is 45.1 Å². The lowest BCUT2D eigenvalue weighted by atomic mass is 9.95. The summed E-state index contributed by atoms with van der Waals surface area (Å²) in [5, 5.41) is 0. The molecule has 3 nitrogen and oxygen atoms in total. The molecular formula is C10H20N2O. The predicted octanol–water partition coefficient (Wildman–Crippen LogP) is 1.13. The van der Waals surface area contributed by atoms with Gasteiger partial charge in [0.25, 0.3) is 0 Å². The van der Waals surface area contributed by atoms with Gasteiger partial charge in [0, 0.05) is 18.5 Å². The van der Waals surface area contributed by atoms with Crippen LogP contribution in [-0.4, -0.2) is 29.4 Å². The molecule has 1 fully saturated rings. The first-order valence-corrected chi connectivity index (χ1v) is 5.08. The first kappa shape index (κ1) is 10.5. The van der Waals surface area contributed by atoms with Gasteiger partial charge in [0.15, 0.2) is 0 Å². The highest BCUT2D eigenvalue weighted by atomic mass is 16.2. The molecule has 2 N–H and O–H groups in total. The highest BCUT2D eigenvalue weighted by Crippen LogP contribution is 2.23. The van der Waals surface area contributed by atoms with Crippen LogP contribution in [0.1, 0.15) is 39.5 Å². The Bertz CT molecular complexity index is 189. The summed E-state index contributed by atoms with van der Waals surface area (Å²) in [7, 11) is 0. The number of amides is 1. The molecule has 1 rings (SSSR count). The molecule has 0 saturated carbocycles. The molecule has 1 amide bonds. The van der Waals surface area contributed by atoms with E-state index in [1.165, 1.54) is 0 Å². The standard InChI is InChI=1S/C10H20N2O/c1-10(2,6-7-11)12-8-4-3-5-9(12)13/h3-8,11H2,1-2H3. The lowest BCUT2D eigenvalue weighted by molar-refractivity contribution is -0.139. The Labute approximate surface area is 80.3 Å². The number of piperidine rings is 1. The summed E-state index contributed by atoms with van der Waals surface area (Å²) in [5.41, 5.74) is 5.48. The zero-order valence-electron chi connectivity index (χ0n) is 8.68. The van der Waals surface area contributed by atoms with Crippen LogP contribution in [-0.2, 0) is 4.79 Å². The van der Waals surface area contributed by atoms with Crippen molar-refractivity contribution < 1.29 is 4.79 Å². The lowest BCUT2D eigenvalue weighted by Gasteiger charge is -2.41. The van der Waals surface area contributed by atoms with Crippen molar-refractivity contribution in [2.24, 2.45) is 5.73 Å². The fourth-order valence-electron chi connectivity index (χ4n) is 1.93. The maximum atomic E-state index is 11.6. The minimum absolute atomic E-state index is 0.0494. The Kier molecular flexibility index (Phi) is 3.31. The van der Waals surface area contributed by atoms with Gasteiger partial charge in [-0.3, -0.25) is 4.79 Å². The van der Waals surface area contributed by atoms with E-state index in [2.05, 4.69) is 13.8 Å². The molecule has 0 aromatic rings. The third kappa shape index (κ3) is 2.44. The zero-order chi connectivity index (χ0) is 9.90. The van der Waals surface area contributed by atoms with E-state index >= 15 is 0 Å². The molecule has 0 aliphatic carbocycles. The molecule has 1 heterocycles. The Morgan fingerprint density at radius 3 is 2.69 bits per heavy atom. The van der Waals surface area contributed by atoms with E-state index in [1.54, 1.807) is 0 Å². The van der Waals surface area contributed by atoms with Gasteiger partial charge in [-0.05, 0) is 39.7 Å². The molecule has 0 radical (unpaired) electrons. The number of hydrogen-bond donors (Lipinski definition) is 1. The lowest BCUT2D eigenvalue weighted by Crippen LogP contribution is -2.50. The molecule has 0 aromatic heterocycles. The van der Waals surface area contributed by atoms with Gasteiger partial charge < -0.3 is 10.6 Å². The van der Waals surface area contributed by atoms with Gasteiger partial charge >= 0.3 is 0 Å². The fourth-order valence-corrected chi connectivity index (χ4v) is 1.93. The summed E-state index contributed by atoms with van der Waals surface area (Å²) < 4.78 is 0. The van der Waals surface area contributed by atoms with Crippen molar-refractivity contribution in [3.05, 3.63) is 0 Å². The molecule has 1 aliphatic rings. The summed E-state index contributed by atoms with van der Waals surface area (Å²) in [4.78, 5) is 13.6. The normalized spacial score (nSPS) is 19.3. The number of rotatable bonds is 3.